The Morgan fingerprint density at radius 1 is 1.05 bits per heavy atom. The third-order valence-electron chi connectivity index (χ3n) is 3.08. The smallest absolute Gasteiger partial charge is 0.200 e. The standard InChI is InChI=1S/C15H25NO3/c1-4-5-6-7-8-16-11-12-9-13(18-2)15(17)14(10-12)19-3/h9-10,16-17H,4-8,11H2,1-3H3. The molecule has 4 nitrogen and oxygen atoms in total. The van der Waals surface area contributed by atoms with Crippen molar-refractivity contribution in [2.75, 3.05) is 20.8 Å². The third-order valence-corrected chi connectivity index (χ3v) is 3.08. The van der Waals surface area contributed by atoms with Crippen molar-refractivity contribution in [1.82, 2.24) is 5.32 Å². The zero-order valence-corrected chi connectivity index (χ0v) is 12.2. The molecule has 0 aliphatic rings. The molecule has 0 aliphatic carbocycles. The van der Waals surface area contributed by atoms with Gasteiger partial charge in [-0.15, -0.1) is 0 Å². The van der Waals surface area contributed by atoms with Crippen molar-refractivity contribution in [3.8, 4) is 17.2 Å². The van der Waals surface area contributed by atoms with Gasteiger partial charge in [-0.3, -0.25) is 0 Å². The van der Waals surface area contributed by atoms with Crippen LogP contribution >= 0.6 is 0 Å². The molecule has 108 valence electrons. The highest BCUT2D eigenvalue weighted by molar-refractivity contribution is 5.52. The first-order valence-electron chi connectivity index (χ1n) is 6.87. The number of unbranched alkanes of at least 4 members (excludes halogenated alkanes) is 3. The fraction of sp³-hybridized carbons (Fsp3) is 0.600. The van der Waals surface area contributed by atoms with Crippen molar-refractivity contribution in [3.05, 3.63) is 17.7 Å². The zero-order chi connectivity index (χ0) is 14.1. The van der Waals surface area contributed by atoms with E-state index in [0.717, 1.165) is 18.7 Å². The fourth-order valence-corrected chi connectivity index (χ4v) is 1.96. The molecule has 4 heteroatoms. The maximum atomic E-state index is 9.81. The number of aromatic hydroxyl groups is 1. The molecule has 0 atom stereocenters. The van der Waals surface area contributed by atoms with Crippen LogP contribution < -0.4 is 14.8 Å². The van der Waals surface area contributed by atoms with Crippen molar-refractivity contribution < 1.29 is 14.6 Å². The van der Waals surface area contributed by atoms with Gasteiger partial charge in [0.2, 0.25) is 5.75 Å². The summed E-state index contributed by atoms with van der Waals surface area (Å²) in [4.78, 5) is 0. The van der Waals surface area contributed by atoms with Crippen LogP contribution in [0.25, 0.3) is 0 Å². The fourth-order valence-electron chi connectivity index (χ4n) is 1.96. The highest BCUT2D eigenvalue weighted by Gasteiger charge is 2.10. The van der Waals surface area contributed by atoms with E-state index in [0.29, 0.717) is 11.5 Å². The molecule has 0 aliphatic heterocycles. The van der Waals surface area contributed by atoms with Crippen molar-refractivity contribution in [1.29, 1.82) is 0 Å². The summed E-state index contributed by atoms with van der Waals surface area (Å²) in [5, 5.41) is 13.2. The summed E-state index contributed by atoms with van der Waals surface area (Å²) in [6.07, 6.45) is 5.01. The predicted octanol–water partition coefficient (Wildman–Crippen LogP) is 3.08. The van der Waals surface area contributed by atoms with Crippen molar-refractivity contribution in [2.45, 2.75) is 39.2 Å². The van der Waals surface area contributed by atoms with Crippen LogP contribution in [-0.4, -0.2) is 25.9 Å². The van der Waals surface area contributed by atoms with E-state index < -0.39 is 0 Å². The zero-order valence-electron chi connectivity index (χ0n) is 12.2. The molecule has 2 N–H and O–H groups in total. The van der Waals surface area contributed by atoms with E-state index >= 15 is 0 Å². The maximum absolute atomic E-state index is 9.81. The summed E-state index contributed by atoms with van der Waals surface area (Å²) in [6.45, 7) is 3.97. The Hall–Kier alpha value is -1.42. The molecule has 0 radical (unpaired) electrons. The largest absolute Gasteiger partial charge is 0.502 e. The van der Waals surface area contributed by atoms with Crippen LogP contribution in [-0.2, 0) is 6.54 Å². The average Bonchev–Trinajstić information content (AvgIpc) is 2.44. The Morgan fingerprint density at radius 3 is 2.21 bits per heavy atom. The second-order valence-corrected chi connectivity index (χ2v) is 4.59. The van der Waals surface area contributed by atoms with Crippen LogP contribution in [0, 0.1) is 0 Å². The van der Waals surface area contributed by atoms with E-state index in [2.05, 4.69) is 12.2 Å². The van der Waals surface area contributed by atoms with Crippen LogP contribution in [0.15, 0.2) is 12.1 Å². The normalized spacial score (nSPS) is 10.5. The van der Waals surface area contributed by atoms with Gasteiger partial charge in [-0.2, -0.15) is 0 Å². The van der Waals surface area contributed by atoms with Crippen LogP contribution in [0.4, 0.5) is 0 Å². The third kappa shape index (κ3) is 4.99. The monoisotopic (exact) mass is 267 g/mol. The lowest BCUT2D eigenvalue weighted by Crippen LogP contribution is -2.14. The summed E-state index contributed by atoms with van der Waals surface area (Å²) in [5.74, 6) is 0.945. The quantitative estimate of drug-likeness (QED) is 0.675. The van der Waals surface area contributed by atoms with E-state index in [4.69, 9.17) is 9.47 Å². The average molecular weight is 267 g/mol. The van der Waals surface area contributed by atoms with Crippen LogP contribution in [0.2, 0.25) is 0 Å². The summed E-state index contributed by atoms with van der Waals surface area (Å²) in [5.41, 5.74) is 1.04. The molecule has 0 saturated carbocycles. The summed E-state index contributed by atoms with van der Waals surface area (Å²) < 4.78 is 10.3. The number of benzene rings is 1. The van der Waals surface area contributed by atoms with Gasteiger partial charge >= 0.3 is 0 Å². The number of phenolic OH excluding ortho intramolecular Hbond substituents is 1. The number of nitrogens with one attached hydrogen (secondary N) is 1. The Morgan fingerprint density at radius 2 is 1.68 bits per heavy atom. The molecule has 19 heavy (non-hydrogen) atoms. The van der Waals surface area contributed by atoms with Gasteiger partial charge in [-0.05, 0) is 30.7 Å². The Bertz CT molecular complexity index is 355. The lowest BCUT2D eigenvalue weighted by molar-refractivity contribution is 0.339. The van der Waals surface area contributed by atoms with Gasteiger partial charge in [0.05, 0.1) is 14.2 Å². The minimum Gasteiger partial charge on any atom is -0.502 e. The summed E-state index contributed by atoms with van der Waals surface area (Å²) in [7, 11) is 3.08. The number of rotatable bonds is 9. The van der Waals surface area contributed by atoms with Gasteiger partial charge in [0.15, 0.2) is 11.5 Å². The Labute approximate surface area is 115 Å². The molecule has 0 bridgehead atoms. The predicted molar refractivity (Wildman–Crippen MR) is 77.1 cm³/mol. The molecule has 1 aromatic rings. The van der Waals surface area contributed by atoms with Gasteiger partial charge in [0, 0.05) is 6.54 Å². The van der Waals surface area contributed by atoms with E-state index in [1.165, 1.54) is 39.9 Å². The lowest BCUT2D eigenvalue weighted by Gasteiger charge is -2.11. The van der Waals surface area contributed by atoms with E-state index in [-0.39, 0.29) is 5.75 Å². The topological polar surface area (TPSA) is 50.7 Å². The SMILES string of the molecule is CCCCCCNCc1cc(OC)c(O)c(OC)c1. The molecule has 0 fully saturated rings. The minimum atomic E-state index is 0.0525. The van der Waals surface area contributed by atoms with Gasteiger partial charge in [0.1, 0.15) is 0 Å². The van der Waals surface area contributed by atoms with E-state index in [9.17, 15) is 5.11 Å². The number of phenols is 1. The molecule has 0 aromatic heterocycles. The second-order valence-electron chi connectivity index (χ2n) is 4.59. The van der Waals surface area contributed by atoms with Crippen LogP contribution in [0.3, 0.4) is 0 Å². The molecule has 0 amide bonds. The number of hydrogen-bond donors (Lipinski definition) is 2. The Balaban J connectivity index is 2.49. The van der Waals surface area contributed by atoms with Gasteiger partial charge in [-0.1, -0.05) is 26.2 Å². The first-order chi connectivity index (χ1) is 9.22. The molecule has 0 unspecified atom stereocenters. The van der Waals surface area contributed by atoms with Gasteiger partial charge in [0.25, 0.3) is 0 Å². The van der Waals surface area contributed by atoms with Gasteiger partial charge in [-0.25, -0.2) is 0 Å². The molecular weight excluding hydrogens is 242 g/mol. The second kappa shape index (κ2) is 8.64. The first-order valence-corrected chi connectivity index (χ1v) is 6.87. The molecule has 0 saturated heterocycles. The number of hydrogen-bond acceptors (Lipinski definition) is 4. The number of ether oxygens (including phenoxy) is 2. The highest BCUT2D eigenvalue weighted by Crippen LogP contribution is 2.36. The molecule has 0 heterocycles. The summed E-state index contributed by atoms with van der Waals surface area (Å²) in [6, 6.07) is 3.66. The highest BCUT2D eigenvalue weighted by atomic mass is 16.5. The molecule has 1 aromatic carbocycles. The van der Waals surface area contributed by atoms with Crippen LogP contribution in [0.1, 0.15) is 38.2 Å². The summed E-state index contributed by atoms with van der Waals surface area (Å²) >= 11 is 0. The Kier molecular flexibility index (Phi) is 7.11. The molecule has 1 rings (SSSR count). The molecule has 0 spiro atoms. The van der Waals surface area contributed by atoms with Crippen molar-refractivity contribution in [2.24, 2.45) is 0 Å². The maximum Gasteiger partial charge on any atom is 0.200 e. The van der Waals surface area contributed by atoms with Crippen LogP contribution in [0.5, 0.6) is 17.2 Å². The van der Waals surface area contributed by atoms with E-state index in [1.54, 1.807) is 0 Å². The molecular formula is C15H25NO3. The van der Waals surface area contributed by atoms with Gasteiger partial charge < -0.3 is 19.9 Å². The first kappa shape index (κ1) is 15.6. The van der Waals surface area contributed by atoms with Crippen molar-refractivity contribution >= 4 is 0 Å². The van der Waals surface area contributed by atoms with E-state index in [1.807, 2.05) is 12.1 Å². The minimum absolute atomic E-state index is 0.0525. The number of methoxy groups -OCH3 is 2. The van der Waals surface area contributed by atoms with Crippen molar-refractivity contribution in [3.63, 3.8) is 0 Å². The lowest BCUT2D eigenvalue weighted by atomic mass is 10.1.